The Kier molecular flexibility index (Phi) is 5.24. The third-order valence-electron chi connectivity index (χ3n) is 2.76. The van der Waals surface area contributed by atoms with E-state index < -0.39 is 0 Å². The van der Waals surface area contributed by atoms with Crippen LogP contribution in [0.3, 0.4) is 0 Å². The van der Waals surface area contributed by atoms with E-state index in [-0.39, 0.29) is 0 Å². The average molecular weight is 325 g/mol. The summed E-state index contributed by atoms with van der Waals surface area (Å²) >= 11 is 17.2. The zero-order chi connectivity index (χ0) is 14.5. The van der Waals surface area contributed by atoms with Crippen molar-refractivity contribution in [2.45, 2.75) is 13.5 Å². The van der Waals surface area contributed by atoms with Gasteiger partial charge in [0.25, 0.3) is 0 Å². The number of hydrogen-bond acceptors (Lipinski definition) is 1. The number of rotatable bonds is 3. The molecule has 0 aliphatic carbocycles. The average Bonchev–Trinajstić information content (AvgIpc) is 2.40. The quantitative estimate of drug-likeness (QED) is 0.794. The molecular weight excluding hydrogens is 311 g/mol. The monoisotopic (exact) mass is 324 g/mol. The highest BCUT2D eigenvalue weighted by atomic mass is 35.5. The molecule has 0 aliphatic heterocycles. The summed E-state index contributed by atoms with van der Waals surface area (Å²) < 4.78 is 0. The molecule has 0 unspecified atom stereocenters. The summed E-state index contributed by atoms with van der Waals surface area (Å²) in [6.07, 6.45) is 0. The van der Waals surface area contributed by atoms with Gasteiger partial charge in [-0.25, -0.2) is 0 Å². The van der Waals surface area contributed by atoms with Crippen LogP contribution in [0.15, 0.2) is 42.5 Å². The van der Waals surface area contributed by atoms with Crippen molar-refractivity contribution in [1.29, 1.82) is 0 Å². The predicted molar refractivity (Wildman–Crippen MR) is 90.7 cm³/mol. The summed E-state index contributed by atoms with van der Waals surface area (Å²) in [5.74, 6) is 0. The van der Waals surface area contributed by atoms with Crippen LogP contribution in [0.5, 0.6) is 0 Å². The highest BCUT2D eigenvalue weighted by Crippen LogP contribution is 2.20. The first-order valence-electron chi connectivity index (χ1n) is 6.10. The highest BCUT2D eigenvalue weighted by Gasteiger charge is 2.02. The molecule has 0 fully saturated rings. The van der Waals surface area contributed by atoms with Crippen molar-refractivity contribution in [2.24, 2.45) is 0 Å². The van der Waals surface area contributed by atoms with E-state index >= 15 is 0 Å². The van der Waals surface area contributed by atoms with E-state index in [0.717, 1.165) is 11.3 Å². The summed E-state index contributed by atoms with van der Waals surface area (Å²) in [6, 6.07) is 13.4. The lowest BCUT2D eigenvalue weighted by Gasteiger charge is -2.11. The van der Waals surface area contributed by atoms with Crippen molar-refractivity contribution in [3.63, 3.8) is 0 Å². The number of benzene rings is 2. The van der Waals surface area contributed by atoms with E-state index in [1.165, 1.54) is 5.56 Å². The number of hydrogen-bond donors (Lipinski definition) is 2. The minimum absolute atomic E-state index is 0.549. The van der Waals surface area contributed by atoms with Crippen molar-refractivity contribution in [1.82, 2.24) is 5.32 Å². The third-order valence-corrected chi connectivity index (χ3v) is 3.60. The fourth-order valence-electron chi connectivity index (χ4n) is 1.65. The van der Waals surface area contributed by atoms with Crippen LogP contribution >= 0.6 is 35.4 Å². The molecular formula is C15H14Cl2N2S. The Morgan fingerprint density at radius 2 is 1.80 bits per heavy atom. The van der Waals surface area contributed by atoms with Gasteiger partial charge in [-0.2, -0.15) is 0 Å². The van der Waals surface area contributed by atoms with Gasteiger partial charge in [-0.05, 0) is 49.0 Å². The summed E-state index contributed by atoms with van der Waals surface area (Å²) in [4.78, 5) is 0. The summed E-state index contributed by atoms with van der Waals surface area (Å²) in [7, 11) is 0. The lowest BCUT2D eigenvalue weighted by Crippen LogP contribution is -2.27. The molecule has 2 aromatic carbocycles. The maximum absolute atomic E-state index is 6.10. The summed E-state index contributed by atoms with van der Waals surface area (Å²) in [5, 5.41) is 8.04. The Bertz CT molecular complexity index is 612. The van der Waals surface area contributed by atoms with Crippen molar-refractivity contribution in [3.8, 4) is 0 Å². The van der Waals surface area contributed by atoms with Gasteiger partial charge >= 0.3 is 0 Å². The second-order valence-corrected chi connectivity index (χ2v) is 5.66. The van der Waals surface area contributed by atoms with Gasteiger partial charge in [-0.15, -0.1) is 0 Å². The van der Waals surface area contributed by atoms with Crippen LogP contribution in [0.25, 0.3) is 0 Å². The van der Waals surface area contributed by atoms with Gasteiger partial charge in [-0.3, -0.25) is 0 Å². The standard InChI is InChI=1S/C15H14Cl2N2S/c1-10-2-6-13(7-3-10)19-15(20)18-9-11-4-5-12(16)8-14(11)17/h2-8H,9H2,1H3,(H2,18,19,20). The Morgan fingerprint density at radius 1 is 1.10 bits per heavy atom. The van der Waals surface area contributed by atoms with E-state index in [1.54, 1.807) is 12.1 Å². The largest absolute Gasteiger partial charge is 0.358 e. The molecule has 2 aromatic rings. The molecule has 0 saturated carbocycles. The lowest BCUT2D eigenvalue weighted by atomic mass is 10.2. The Morgan fingerprint density at radius 3 is 2.45 bits per heavy atom. The number of halogens is 2. The van der Waals surface area contributed by atoms with E-state index in [1.807, 2.05) is 37.3 Å². The molecule has 0 atom stereocenters. The topological polar surface area (TPSA) is 24.1 Å². The first-order chi connectivity index (χ1) is 9.54. The van der Waals surface area contributed by atoms with Crippen LogP contribution in [-0.4, -0.2) is 5.11 Å². The second kappa shape index (κ2) is 6.93. The maximum atomic E-state index is 6.10. The van der Waals surface area contributed by atoms with Crippen LogP contribution < -0.4 is 10.6 Å². The molecule has 0 radical (unpaired) electrons. The summed E-state index contributed by atoms with van der Waals surface area (Å²) in [6.45, 7) is 2.59. The van der Waals surface area contributed by atoms with E-state index in [9.17, 15) is 0 Å². The van der Waals surface area contributed by atoms with Gasteiger partial charge in [-0.1, -0.05) is 47.0 Å². The number of anilines is 1. The molecule has 2 nitrogen and oxygen atoms in total. The smallest absolute Gasteiger partial charge is 0.171 e. The predicted octanol–water partition coefficient (Wildman–Crippen LogP) is 4.79. The SMILES string of the molecule is Cc1ccc(NC(=S)NCc2ccc(Cl)cc2Cl)cc1. The number of nitrogens with one attached hydrogen (secondary N) is 2. The van der Waals surface area contributed by atoms with Crippen LogP contribution in [0, 0.1) is 6.92 Å². The lowest BCUT2D eigenvalue weighted by molar-refractivity contribution is 0.926. The first kappa shape index (κ1) is 15.1. The molecule has 104 valence electrons. The zero-order valence-electron chi connectivity index (χ0n) is 10.9. The fraction of sp³-hybridized carbons (Fsp3) is 0.133. The molecule has 0 aromatic heterocycles. The zero-order valence-corrected chi connectivity index (χ0v) is 13.2. The maximum Gasteiger partial charge on any atom is 0.171 e. The van der Waals surface area contributed by atoms with Crippen LogP contribution in [0.4, 0.5) is 5.69 Å². The van der Waals surface area contributed by atoms with E-state index in [0.29, 0.717) is 21.7 Å². The number of thiocarbonyl (C=S) groups is 1. The molecule has 0 heterocycles. The van der Waals surface area contributed by atoms with Crippen molar-refractivity contribution in [2.75, 3.05) is 5.32 Å². The molecule has 2 rings (SSSR count). The molecule has 0 spiro atoms. The van der Waals surface area contributed by atoms with Gasteiger partial charge in [0, 0.05) is 22.3 Å². The molecule has 0 saturated heterocycles. The third kappa shape index (κ3) is 4.37. The van der Waals surface area contributed by atoms with Crippen LogP contribution in [-0.2, 0) is 6.54 Å². The van der Waals surface area contributed by atoms with Gasteiger partial charge < -0.3 is 10.6 Å². The Balaban J connectivity index is 1.90. The normalized spacial score (nSPS) is 10.2. The highest BCUT2D eigenvalue weighted by molar-refractivity contribution is 7.80. The van der Waals surface area contributed by atoms with E-state index in [4.69, 9.17) is 35.4 Å². The van der Waals surface area contributed by atoms with Crippen LogP contribution in [0.2, 0.25) is 10.0 Å². The summed E-state index contributed by atoms with van der Waals surface area (Å²) in [5.41, 5.74) is 3.11. The van der Waals surface area contributed by atoms with Gasteiger partial charge in [0.05, 0.1) is 0 Å². The number of aryl methyl sites for hydroxylation is 1. The second-order valence-electron chi connectivity index (χ2n) is 4.41. The van der Waals surface area contributed by atoms with Gasteiger partial charge in [0.15, 0.2) is 5.11 Å². The molecule has 0 bridgehead atoms. The molecule has 20 heavy (non-hydrogen) atoms. The minimum Gasteiger partial charge on any atom is -0.358 e. The molecule has 0 amide bonds. The van der Waals surface area contributed by atoms with Crippen molar-refractivity contribution >= 4 is 46.2 Å². The first-order valence-corrected chi connectivity index (χ1v) is 7.26. The molecule has 0 aliphatic rings. The van der Waals surface area contributed by atoms with Crippen molar-refractivity contribution in [3.05, 3.63) is 63.6 Å². The minimum atomic E-state index is 0.549. The Labute approximate surface area is 134 Å². The van der Waals surface area contributed by atoms with Crippen molar-refractivity contribution < 1.29 is 0 Å². The Hall–Kier alpha value is -1.29. The molecule has 2 N–H and O–H groups in total. The van der Waals surface area contributed by atoms with Crippen LogP contribution in [0.1, 0.15) is 11.1 Å². The molecule has 5 heteroatoms. The fourth-order valence-corrected chi connectivity index (χ4v) is 2.32. The van der Waals surface area contributed by atoms with E-state index in [2.05, 4.69) is 10.6 Å². The van der Waals surface area contributed by atoms with Gasteiger partial charge in [0.2, 0.25) is 0 Å². The van der Waals surface area contributed by atoms with Gasteiger partial charge in [0.1, 0.15) is 0 Å².